The maximum atomic E-state index is 11.9. The molecule has 0 bridgehead atoms. The van der Waals surface area contributed by atoms with Gasteiger partial charge >= 0.3 is 0 Å². The van der Waals surface area contributed by atoms with Crippen LogP contribution < -0.4 is 16.2 Å². The molecular weight excluding hydrogens is 312 g/mol. The number of morpholine rings is 1. The minimum absolute atomic E-state index is 0.0508. The fourth-order valence-corrected chi connectivity index (χ4v) is 2.84. The lowest BCUT2D eigenvalue weighted by atomic mass is 10.1. The van der Waals surface area contributed by atoms with Gasteiger partial charge in [0.15, 0.2) is 5.11 Å². The van der Waals surface area contributed by atoms with Crippen LogP contribution in [0.3, 0.4) is 0 Å². The number of hydrogen-bond donors (Lipinski definition) is 3. The average molecular weight is 338 g/mol. The normalized spacial score (nSPS) is 15.4. The second-order valence-corrected chi connectivity index (χ2v) is 6.27. The molecule has 1 saturated heterocycles. The molecule has 7 heteroatoms. The molecule has 0 aliphatic carbocycles. The summed E-state index contributed by atoms with van der Waals surface area (Å²) in [7, 11) is 0. The number of thiocarbonyl (C=S) groups is 1. The van der Waals surface area contributed by atoms with Crippen LogP contribution in [0.5, 0.6) is 0 Å². The second-order valence-electron chi connectivity index (χ2n) is 5.86. The number of aromatic nitrogens is 1. The van der Waals surface area contributed by atoms with E-state index in [0.29, 0.717) is 11.7 Å². The van der Waals surface area contributed by atoms with E-state index in [1.807, 2.05) is 19.9 Å². The smallest absolute Gasteiger partial charge is 0.253 e. The van der Waals surface area contributed by atoms with Crippen molar-refractivity contribution >= 4 is 17.3 Å². The van der Waals surface area contributed by atoms with Crippen molar-refractivity contribution in [1.82, 2.24) is 20.5 Å². The number of H-pyrrole nitrogens is 1. The van der Waals surface area contributed by atoms with Crippen LogP contribution in [-0.4, -0.2) is 54.4 Å². The first kappa shape index (κ1) is 17.9. The van der Waals surface area contributed by atoms with E-state index in [1.165, 1.54) is 0 Å². The van der Waals surface area contributed by atoms with E-state index >= 15 is 0 Å². The predicted molar refractivity (Wildman–Crippen MR) is 95.9 cm³/mol. The van der Waals surface area contributed by atoms with E-state index in [0.717, 1.165) is 62.6 Å². The van der Waals surface area contributed by atoms with Crippen LogP contribution in [0.4, 0.5) is 0 Å². The quantitative estimate of drug-likeness (QED) is 0.523. The Hall–Kier alpha value is -1.44. The molecule has 23 heavy (non-hydrogen) atoms. The molecule has 0 amide bonds. The topological polar surface area (TPSA) is 69.4 Å². The van der Waals surface area contributed by atoms with Crippen molar-refractivity contribution in [2.45, 2.75) is 26.8 Å². The molecule has 3 N–H and O–H groups in total. The summed E-state index contributed by atoms with van der Waals surface area (Å²) in [5.41, 5.74) is 2.53. The number of aromatic amines is 1. The van der Waals surface area contributed by atoms with Crippen LogP contribution in [0.25, 0.3) is 0 Å². The highest BCUT2D eigenvalue weighted by Gasteiger charge is 2.09. The van der Waals surface area contributed by atoms with Crippen molar-refractivity contribution < 1.29 is 4.74 Å². The minimum Gasteiger partial charge on any atom is -0.379 e. The van der Waals surface area contributed by atoms with Crippen molar-refractivity contribution in [3.8, 4) is 0 Å². The summed E-state index contributed by atoms with van der Waals surface area (Å²) in [6, 6.07) is 1.97. The summed E-state index contributed by atoms with van der Waals surface area (Å²) in [6.45, 7) is 9.83. The zero-order chi connectivity index (χ0) is 16.7. The molecule has 1 fully saturated rings. The number of aryl methyl sites for hydroxylation is 2. The minimum atomic E-state index is -0.0508. The van der Waals surface area contributed by atoms with Gasteiger partial charge in [0.1, 0.15) is 0 Å². The molecule has 0 aromatic carbocycles. The maximum absolute atomic E-state index is 11.9. The first-order valence-corrected chi connectivity index (χ1v) is 8.48. The number of nitrogens with one attached hydrogen (secondary N) is 3. The maximum Gasteiger partial charge on any atom is 0.253 e. The highest BCUT2D eigenvalue weighted by molar-refractivity contribution is 7.80. The fourth-order valence-electron chi connectivity index (χ4n) is 2.66. The molecule has 0 spiro atoms. The van der Waals surface area contributed by atoms with Crippen LogP contribution in [0.1, 0.15) is 23.2 Å². The Morgan fingerprint density at radius 1 is 1.35 bits per heavy atom. The fraction of sp³-hybridized carbons (Fsp3) is 0.625. The van der Waals surface area contributed by atoms with E-state index in [9.17, 15) is 4.79 Å². The van der Waals surface area contributed by atoms with Gasteiger partial charge in [0.05, 0.1) is 13.2 Å². The lowest BCUT2D eigenvalue weighted by Crippen LogP contribution is -2.40. The molecule has 0 radical (unpaired) electrons. The van der Waals surface area contributed by atoms with Gasteiger partial charge in [-0.05, 0) is 50.7 Å². The zero-order valence-electron chi connectivity index (χ0n) is 13.9. The van der Waals surface area contributed by atoms with Gasteiger partial charge in [-0.25, -0.2) is 0 Å². The Bertz CT molecular complexity index is 582. The molecule has 1 aliphatic rings. The number of pyridine rings is 1. The molecule has 1 aromatic rings. The Balaban J connectivity index is 1.66. The van der Waals surface area contributed by atoms with Gasteiger partial charge in [0, 0.05) is 37.4 Å². The Labute approximate surface area is 142 Å². The molecule has 0 atom stereocenters. The first-order valence-electron chi connectivity index (χ1n) is 8.07. The van der Waals surface area contributed by atoms with Crippen LogP contribution in [0, 0.1) is 13.8 Å². The van der Waals surface area contributed by atoms with Crippen molar-refractivity contribution in [2.75, 3.05) is 39.4 Å². The third-order valence-corrected chi connectivity index (χ3v) is 4.25. The molecule has 1 aromatic heterocycles. The highest BCUT2D eigenvalue weighted by Crippen LogP contribution is 2.03. The van der Waals surface area contributed by atoms with Crippen LogP contribution in [-0.2, 0) is 11.3 Å². The highest BCUT2D eigenvalue weighted by atomic mass is 32.1. The molecule has 6 nitrogen and oxygen atoms in total. The van der Waals surface area contributed by atoms with Crippen molar-refractivity contribution in [1.29, 1.82) is 0 Å². The van der Waals surface area contributed by atoms with Gasteiger partial charge < -0.3 is 20.4 Å². The first-order chi connectivity index (χ1) is 11.1. The monoisotopic (exact) mass is 338 g/mol. The summed E-state index contributed by atoms with van der Waals surface area (Å²) in [5, 5.41) is 6.89. The number of ether oxygens (including phenoxy) is 1. The molecular formula is C16H26N4O2S. The van der Waals surface area contributed by atoms with Gasteiger partial charge in [0.25, 0.3) is 5.56 Å². The molecule has 128 valence electrons. The summed E-state index contributed by atoms with van der Waals surface area (Å²) in [5.74, 6) is 0. The lowest BCUT2D eigenvalue weighted by Gasteiger charge is -2.26. The Morgan fingerprint density at radius 2 is 2.09 bits per heavy atom. The van der Waals surface area contributed by atoms with Crippen molar-refractivity contribution in [2.24, 2.45) is 0 Å². The lowest BCUT2D eigenvalue weighted by molar-refractivity contribution is 0.0376. The second kappa shape index (κ2) is 9.00. The third kappa shape index (κ3) is 5.93. The van der Waals surface area contributed by atoms with E-state index in [-0.39, 0.29) is 5.56 Å². The number of nitrogens with zero attached hydrogens (tertiary/aromatic N) is 1. The number of hydrogen-bond acceptors (Lipinski definition) is 4. The van der Waals surface area contributed by atoms with E-state index in [4.69, 9.17) is 17.0 Å². The molecule has 0 saturated carbocycles. The molecule has 0 unspecified atom stereocenters. The Kier molecular flexibility index (Phi) is 7.01. The molecule has 1 aliphatic heterocycles. The largest absolute Gasteiger partial charge is 0.379 e. The number of rotatable bonds is 6. The predicted octanol–water partition coefficient (Wildman–Crippen LogP) is 0.678. The summed E-state index contributed by atoms with van der Waals surface area (Å²) < 4.78 is 5.33. The summed E-state index contributed by atoms with van der Waals surface area (Å²) in [4.78, 5) is 17.2. The van der Waals surface area contributed by atoms with Gasteiger partial charge in [-0.2, -0.15) is 0 Å². The van der Waals surface area contributed by atoms with Gasteiger partial charge in [-0.15, -0.1) is 0 Å². The van der Waals surface area contributed by atoms with E-state index < -0.39 is 0 Å². The standard InChI is InChI=1S/C16H26N4O2S/c1-12-10-13(2)19-15(21)14(12)11-18-16(23)17-4-3-5-20-6-8-22-9-7-20/h10H,3-9,11H2,1-2H3,(H,19,21)(H2,17,18,23). The average Bonchev–Trinajstić information content (AvgIpc) is 2.51. The summed E-state index contributed by atoms with van der Waals surface area (Å²) in [6.07, 6.45) is 1.03. The van der Waals surface area contributed by atoms with Gasteiger partial charge in [-0.1, -0.05) is 0 Å². The molecule has 2 heterocycles. The van der Waals surface area contributed by atoms with Crippen LogP contribution >= 0.6 is 12.2 Å². The summed E-state index contributed by atoms with van der Waals surface area (Å²) >= 11 is 5.27. The van der Waals surface area contributed by atoms with E-state index in [1.54, 1.807) is 0 Å². The van der Waals surface area contributed by atoms with E-state index in [2.05, 4.69) is 20.5 Å². The zero-order valence-corrected chi connectivity index (χ0v) is 14.7. The SMILES string of the molecule is Cc1cc(C)c(CNC(=S)NCCCN2CCOCC2)c(=O)[nH]1. The van der Waals surface area contributed by atoms with Gasteiger partial charge in [-0.3, -0.25) is 9.69 Å². The van der Waals surface area contributed by atoms with Crippen LogP contribution in [0.2, 0.25) is 0 Å². The van der Waals surface area contributed by atoms with Crippen LogP contribution in [0.15, 0.2) is 10.9 Å². The third-order valence-electron chi connectivity index (χ3n) is 3.96. The Morgan fingerprint density at radius 3 is 2.78 bits per heavy atom. The molecule has 2 rings (SSSR count). The van der Waals surface area contributed by atoms with Crippen molar-refractivity contribution in [3.63, 3.8) is 0 Å². The van der Waals surface area contributed by atoms with Crippen molar-refractivity contribution in [3.05, 3.63) is 33.2 Å². The van der Waals surface area contributed by atoms with Gasteiger partial charge in [0.2, 0.25) is 0 Å².